The number of aryl methyl sites for hydroxylation is 1. The van der Waals surface area contributed by atoms with Crippen LogP contribution in [0.3, 0.4) is 0 Å². The number of nitrogens with zero attached hydrogens (tertiary/aromatic N) is 2. The van der Waals surface area contributed by atoms with Crippen molar-refractivity contribution in [3.8, 4) is 17.1 Å². The molecule has 0 amide bonds. The van der Waals surface area contributed by atoms with Crippen LogP contribution in [0.4, 0.5) is 0 Å². The van der Waals surface area contributed by atoms with E-state index in [1.165, 1.54) is 5.56 Å². The maximum Gasteiger partial charge on any atom is 0.159 e. The lowest BCUT2D eigenvalue weighted by Gasteiger charge is -2.07. The Balaban J connectivity index is 1.99. The van der Waals surface area contributed by atoms with Gasteiger partial charge in [0.25, 0.3) is 0 Å². The van der Waals surface area contributed by atoms with Gasteiger partial charge in [0.15, 0.2) is 5.82 Å². The summed E-state index contributed by atoms with van der Waals surface area (Å²) in [4.78, 5) is 8.99. The predicted octanol–water partition coefficient (Wildman–Crippen LogP) is 2.10. The molecule has 3 rings (SSSR count). The predicted molar refractivity (Wildman–Crippen MR) is 69.3 cm³/mol. The number of hydrogen-bond donors (Lipinski definition) is 1. The highest BCUT2D eigenvalue weighted by molar-refractivity contribution is 5.56. The lowest BCUT2D eigenvalue weighted by molar-refractivity contribution is 0.415. The number of nitrogens with two attached hydrogens (primary N) is 1. The van der Waals surface area contributed by atoms with E-state index >= 15 is 0 Å². The number of rotatable bonds is 2. The Kier molecular flexibility index (Phi) is 2.72. The van der Waals surface area contributed by atoms with Gasteiger partial charge in [0.1, 0.15) is 5.75 Å². The summed E-state index contributed by atoms with van der Waals surface area (Å²) in [5, 5.41) is 0. The zero-order valence-corrected chi connectivity index (χ0v) is 10.3. The molecule has 92 valence electrons. The number of methoxy groups -OCH3 is 1. The number of benzene rings is 1. The summed E-state index contributed by atoms with van der Waals surface area (Å²) in [6.07, 6.45) is 3.85. The summed E-state index contributed by atoms with van der Waals surface area (Å²) in [5.74, 6) is 1.56. The van der Waals surface area contributed by atoms with Gasteiger partial charge in [-0.25, -0.2) is 9.97 Å². The highest BCUT2D eigenvalue weighted by Gasteiger charge is 2.21. The van der Waals surface area contributed by atoms with Gasteiger partial charge in [0.2, 0.25) is 0 Å². The Labute approximate surface area is 106 Å². The maximum absolute atomic E-state index is 6.03. The molecule has 1 aromatic heterocycles. The van der Waals surface area contributed by atoms with Crippen LogP contribution in [0.25, 0.3) is 11.4 Å². The first-order chi connectivity index (χ1) is 8.78. The highest BCUT2D eigenvalue weighted by atomic mass is 16.5. The third-order valence-corrected chi connectivity index (χ3v) is 3.32. The van der Waals surface area contributed by atoms with E-state index in [9.17, 15) is 0 Å². The summed E-state index contributed by atoms with van der Waals surface area (Å²) in [6.45, 7) is 0. The van der Waals surface area contributed by atoms with Crippen LogP contribution < -0.4 is 10.5 Å². The first-order valence-corrected chi connectivity index (χ1v) is 6.04. The van der Waals surface area contributed by atoms with Crippen molar-refractivity contribution < 1.29 is 4.74 Å². The number of hydrogen-bond acceptors (Lipinski definition) is 4. The third kappa shape index (κ3) is 1.84. The fourth-order valence-corrected chi connectivity index (χ4v) is 2.26. The third-order valence-electron chi connectivity index (χ3n) is 3.32. The number of fused-ring (bicyclic) bond motifs is 1. The van der Waals surface area contributed by atoms with E-state index in [4.69, 9.17) is 10.5 Å². The van der Waals surface area contributed by atoms with E-state index in [1.807, 2.05) is 30.5 Å². The Morgan fingerprint density at radius 3 is 2.78 bits per heavy atom. The molecule has 1 aliphatic carbocycles. The van der Waals surface area contributed by atoms with Crippen molar-refractivity contribution in [2.75, 3.05) is 7.11 Å². The van der Waals surface area contributed by atoms with Gasteiger partial charge in [-0.15, -0.1) is 0 Å². The largest absolute Gasteiger partial charge is 0.497 e. The summed E-state index contributed by atoms with van der Waals surface area (Å²) >= 11 is 0. The minimum atomic E-state index is 0.0556. The van der Waals surface area contributed by atoms with E-state index in [0.29, 0.717) is 0 Å². The molecule has 1 atom stereocenters. The summed E-state index contributed by atoms with van der Waals surface area (Å²) in [7, 11) is 1.65. The van der Waals surface area contributed by atoms with E-state index in [-0.39, 0.29) is 6.04 Å². The summed E-state index contributed by atoms with van der Waals surface area (Å²) < 4.78 is 5.14. The molecule has 4 heteroatoms. The topological polar surface area (TPSA) is 61.0 Å². The average molecular weight is 241 g/mol. The minimum Gasteiger partial charge on any atom is -0.497 e. The monoisotopic (exact) mass is 241 g/mol. The summed E-state index contributed by atoms with van der Waals surface area (Å²) in [6, 6.07) is 7.79. The number of ether oxygens (including phenoxy) is 1. The molecule has 0 saturated heterocycles. The van der Waals surface area contributed by atoms with E-state index < -0.39 is 0 Å². The molecule has 0 radical (unpaired) electrons. The van der Waals surface area contributed by atoms with Crippen molar-refractivity contribution in [1.82, 2.24) is 9.97 Å². The lowest BCUT2D eigenvalue weighted by Crippen LogP contribution is -2.08. The molecule has 0 fully saturated rings. The van der Waals surface area contributed by atoms with Crippen molar-refractivity contribution >= 4 is 0 Å². The maximum atomic E-state index is 6.03. The minimum absolute atomic E-state index is 0.0556. The summed E-state index contributed by atoms with van der Waals surface area (Å²) in [5.41, 5.74) is 9.19. The van der Waals surface area contributed by atoms with Crippen LogP contribution in [0, 0.1) is 0 Å². The van der Waals surface area contributed by atoms with Crippen molar-refractivity contribution in [2.24, 2.45) is 5.73 Å². The van der Waals surface area contributed by atoms with Gasteiger partial charge < -0.3 is 10.5 Å². The van der Waals surface area contributed by atoms with Gasteiger partial charge in [0.05, 0.1) is 12.8 Å². The van der Waals surface area contributed by atoms with E-state index in [2.05, 4.69) is 9.97 Å². The molecule has 1 aromatic carbocycles. The quantitative estimate of drug-likeness (QED) is 0.874. The van der Waals surface area contributed by atoms with Crippen LogP contribution >= 0.6 is 0 Å². The first-order valence-electron chi connectivity index (χ1n) is 6.04. The van der Waals surface area contributed by atoms with Crippen LogP contribution in [-0.4, -0.2) is 17.1 Å². The van der Waals surface area contributed by atoms with E-state index in [1.54, 1.807) is 7.11 Å². The SMILES string of the molecule is COc1ccc(-c2ncc3c(n2)C(N)CC3)cc1. The standard InChI is InChI=1S/C14H15N3O/c1-18-11-5-2-9(3-6-11)14-16-8-10-4-7-12(15)13(10)17-14/h2-3,5-6,8,12H,4,7,15H2,1H3. The highest BCUT2D eigenvalue weighted by Crippen LogP contribution is 2.29. The Morgan fingerprint density at radius 1 is 1.28 bits per heavy atom. The van der Waals surface area contributed by atoms with E-state index in [0.717, 1.165) is 35.7 Å². The second-order valence-electron chi connectivity index (χ2n) is 4.48. The van der Waals surface area contributed by atoms with Gasteiger partial charge in [0, 0.05) is 17.8 Å². The van der Waals surface area contributed by atoms with Crippen LogP contribution in [-0.2, 0) is 6.42 Å². The molecule has 18 heavy (non-hydrogen) atoms. The molecule has 0 spiro atoms. The molecule has 2 N–H and O–H groups in total. The second kappa shape index (κ2) is 4.38. The van der Waals surface area contributed by atoms with Crippen LogP contribution in [0.15, 0.2) is 30.5 Å². The van der Waals surface area contributed by atoms with Gasteiger partial charge in [-0.05, 0) is 42.7 Å². The molecule has 1 heterocycles. The van der Waals surface area contributed by atoms with Crippen molar-refractivity contribution in [3.63, 3.8) is 0 Å². The second-order valence-corrected chi connectivity index (χ2v) is 4.48. The Morgan fingerprint density at radius 2 is 2.06 bits per heavy atom. The average Bonchev–Trinajstić information content (AvgIpc) is 2.80. The molecule has 4 nitrogen and oxygen atoms in total. The molecular weight excluding hydrogens is 226 g/mol. The van der Waals surface area contributed by atoms with Gasteiger partial charge in [-0.1, -0.05) is 0 Å². The van der Waals surface area contributed by atoms with Gasteiger partial charge in [-0.2, -0.15) is 0 Å². The normalized spacial score (nSPS) is 17.6. The molecule has 2 aromatic rings. The zero-order chi connectivity index (χ0) is 12.5. The molecule has 0 bridgehead atoms. The first kappa shape index (κ1) is 11.2. The molecule has 1 unspecified atom stereocenters. The van der Waals surface area contributed by atoms with Gasteiger partial charge >= 0.3 is 0 Å². The van der Waals surface area contributed by atoms with Crippen LogP contribution in [0.5, 0.6) is 5.75 Å². The van der Waals surface area contributed by atoms with Crippen molar-refractivity contribution in [1.29, 1.82) is 0 Å². The number of aromatic nitrogens is 2. The molecule has 0 aliphatic heterocycles. The van der Waals surface area contributed by atoms with Crippen molar-refractivity contribution in [2.45, 2.75) is 18.9 Å². The molecule has 1 aliphatic rings. The van der Waals surface area contributed by atoms with Gasteiger partial charge in [-0.3, -0.25) is 0 Å². The molecular formula is C14H15N3O. The molecule has 0 saturated carbocycles. The zero-order valence-electron chi connectivity index (χ0n) is 10.3. The smallest absolute Gasteiger partial charge is 0.159 e. The lowest BCUT2D eigenvalue weighted by atomic mass is 10.2. The van der Waals surface area contributed by atoms with Crippen LogP contribution in [0.2, 0.25) is 0 Å². The fraction of sp³-hybridized carbons (Fsp3) is 0.286. The fourth-order valence-electron chi connectivity index (χ4n) is 2.26. The Hall–Kier alpha value is -1.94. The van der Waals surface area contributed by atoms with Crippen LogP contribution in [0.1, 0.15) is 23.7 Å². The Bertz CT molecular complexity index is 566. The van der Waals surface area contributed by atoms with Crippen molar-refractivity contribution in [3.05, 3.63) is 41.7 Å².